The number of hydrogen-bond acceptors (Lipinski definition) is 4. The average Bonchev–Trinajstić information content (AvgIpc) is 2.39. The Hall–Kier alpha value is -2.12. The number of nitrogens with one attached hydrogen (secondary N) is 1. The third-order valence-electron chi connectivity index (χ3n) is 2.41. The number of carboxylic acids is 1. The molecule has 0 bridgehead atoms. The van der Waals surface area contributed by atoms with Crippen LogP contribution in [0.15, 0.2) is 24.3 Å². The van der Waals surface area contributed by atoms with Crippen molar-refractivity contribution in [1.82, 2.24) is 4.90 Å². The molecule has 0 heterocycles. The first kappa shape index (κ1) is 14.9. The predicted molar refractivity (Wildman–Crippen MR) is 68.2 cm³/mol. The molecule has 0 unspecified atom stereocenters. The van der Waals surface area contributed by atoms with Gasteiger partial charge in [-0.25, -0.2) is 9.59 Å². The van der Waals surface area contributed by atoms with Crippen molar-refractivity contribution in [3.63, 3.8) is 0 Å². The van der Waals surface area contributed by atoms with E-state index >= 15 is 0 Å². The van der Waals surface area contributed by atoms with Crippen LogP contribution in [0.3, 0.4) is 0 Å². The lowest BCUT2D eigenvalue weighted by molar-refractivity contribution is 0.0697. The molecule has 0 atom stereocenters. The maximum absolute atomic E-state index is 11.8. The Balaban J connectivity index is 2.66. The number of carbonyl (C=O) groups is 2. The van der Waals surface area contributed by atoms with E-state index < -0.39 is 12.0 Å². The molecule has 1 aromatic carbocycles. The molecule has 0 radical (unpaired) electrons. The van der Waals surface area contributed by atoms with Crippen LogP contribution in [0.5, 0.6) is 0 Å². The summed E-state index contributed by atoms with van der Waals surface area (Å²) in [6.45, 7) is -0.185. The van der Waals surface area contributed by atoms with E-state index in [-0.39, 0.29) is 31.9 Å². The summed E-state index contributed by atoms with van der Waals surface area (Å²) in [6.07, 6.45) is 0. The molecule has 1 aromatic rings. The molecule has 7 nitrogen and oxygen atoms in total. The number of carbonyl (C=O) groups excluding carboxylic acids is 1. The van der Waals surface area contributed by atoms with Crippen molar-refractivity contribution >= 4 is 17.7 Å². The molecule has 7 heteroatoms. The van der Waals surface area contributed by atoms with Crippen LogP contribution in [0.2, 0.25) is 0 Å². The zero-order valence-corrected chi connectivity index (χ0v) is 10.2. The monoisotopic (exact) mass is 268 g/mol. The summed E-state index contributed by atoms with van der Waals surface area (Å²) in [5.74, 6) is -1.04. The van der Waals surface area contributed by atoms with Crippen molar-refractivity contribution in [2.24, 2.45) is 0 Å². The van der Waals surface area contributed by atoms with Crippen LogP contribution in [0.1, 0.15) is 10.4 Å². The van der Waals surface area contributed by atoms with Crippen LogP contribution in [0.25, 0.3) is 0 Å². The van der Waals surface area contributed by atoms with Gasteiger partial charge in [-0.05, 0) is 24.3 Å². The SMILES string of the molecule is O=C(O)c1ccc(NC(=O)N(CCO)CCO)cc1. The lowest BCUT2D eigenvalue weighted by atomic mass is 10.2. The highest BCUT2D eigenvalue weighted by molar-refractivity contribution is 5.91. The van der Waals surface area contributed by atoms with Gasteiger partial charge in [0.05, 0.1) is 18.8 Å². The van der Waals surface area contributed by atoms with E-state index in [1.54, 1.807) is 0 Å². The van der Waals surface area contributed by atoms with Crippen LogP contribution in [0.4, 0.5) is 10.5 Å². The number of aliphatic hydroxyl groups excluding tert-OH is 2. The molecule has 0 aliphatic carbocycles. The van der Waals surface area contributed by atoms with Crippen LogP contribution in [0, 0.1) is 0 Å². The van der Waals surface area contributed by atoms with Crippen molar-refractivity contribution in [2.75, 3.05) is 31.6 Å². The summed E-state index contributed by atoms with van der Waals surface area (Å²) in [6, 6.07) is 5.22. The van der Waals surface area contributed by atoms with Crippen molar-refractivity contribution in [2.45, 2.75) is 0 Å². The zero-order valence-electron chi connectivity index (χ0n) is 10.2. The molecule has 2 amide bonds. The van der Waals surface area contributed by atoms with Crippen LogP contribution in [-0.2, 0) is 0 Å². The maximum Gasteiger partial charge on any atom is 0.335 e. The van der Waals surface area contributed by atoms with Crippen molar-refractivity contribution < 1.29 is 24.9 Å². The fourth-order valence-corrected chi connectivity index (χ4v) is 1.45. The Labute approximate surface area is 110 Å². The summed E-state index contributed by atoms with van der Waals surface area (Å²) in [5, 5.41) is 28.9. The smallest absolute Gasteiger partial charge is 0.335 e. The number of amides is 2. The number of aliphatic hydroxyl groups is 2. The quantitative estimate of drug-likeness (QED) is 0.589. The van der Waals surface area contributed by atoms with E-state index in [9.17, 15) is 9.59 Å². The Morgan fingerprint density at radius 3 is 2.00 bits per heavy atom. The molecule has 19 heavy (non-hydrogen) atoms. The lowest BCUT2D eigenvalue weighted by Crippen LogP contribution is -2.38. The third kappa shape index (κ3) is 4.57. The van der Waals surface area contributed by atoms with Gasteiger partial charge in [0.25, 0.3) is 0 Å². The summed E-state index contributed by atoms with van der Waals surface area (Å²) < 4.78 is 0. The Kier molecular flexibility index (Phi) is 5.77. The molecule has 0 fully saturated rings. The van der Waals surface area contributed by atoms with E-state index in [2.05, 4.69) is 5.32 Å². The van der Waals surface area contributed by atoms with Gasteiger partial charge in [0.15, 0.2) is 0 Å². The number of anilines is 1. The fourth-order valence-electron chi connectivity index (χ4n) is 1.45. The van der Waals surface area contributed by atoms with E-state index in [1.807, 2.05) is 0 Å². The first-order valence-corrected chi connectivity index (χ1v) is 5.69. The highest BCUT2D eigenvalue weighted by Crippen LogP contribution is 2.10. The number of aromatic carboxylic acids is 1. The third-order valence-corrected chi connectivity index (χ3v) is 2.41. The summed E-state index contributed by atoms with van der Waals surface area (Å²) in [4.78, 5) is 23.7. The number of rotatable bonds is 6. The predicted octanol–water partition coefficient (Wildman–Crippen LogP) is 0.203. The molecule has 0 saturated heterocycles. The van der Waals surface area contributed by atoms with Gasteiger partial charge in [-0.2, -0.15) is 0 Å². The first-order chi connectivity index (χ1) is 9.08. The normalized spacial score (nSPS) is 10.0. The van der Waals surface area contributed by atoms with Crippen molar-refractivity contribution in [1.29, 1.82) is 0 Å². The van der Waals surface area contributed by atoms with E-state index in [1.165, 1.54) is 29.2 Å². The van der Waals surface area contributed by atoms with Crippen molar-refractivity contribution in [3.05, 3.63) is 29.8 Å². The van der Waals surface area contributed by atoms with E-state index in [0.29, 0.717) is 5.69 Å². The van der Waals surface area contributed by atoms with Crippen LogP contribution >= 0.6 is 0 Å². The molecule has 0 aliphatic rings. The van der Waals surface area contributed by atoms with Gasteiger partial charge < -0.3 is 25.5 Å². The lowest BCUT2D eigenvalue weighted by Gasteiger charge is -2.21. The maximum atomic E-state index is 11.8. The second kappa shape index (κ2) is 7.34. The Morgan fingerprint density at radius 1 is 1.05 bits per heavy atom. The second-order valence-corrected chi connectivity index (χ2v) is 3.75. The Morgan fingerprint density at radius 2 is 1.58 bits per heavy atom. The van der Waals surface area contributed by atoms with Crippen LogP contribution in [-0.4, -0.2) is 58.5 Å². The van der Waals surface area contributed by atoms with Crippen LogP contribution < -0.4 is 5.32 Å². The molecular formula is C12H16N2O5. The summed E-state index contributed by atoms with van der Waals surface area (Å²) >= 11 is 0. The topological polar surface area (TPSA) is 110 Å². The Bertz CT molecular complexity index is 426. The molecule has 1 rings (SSSR count). The zero-order chi connectivity index (χ0) is 14.3. The summed E-state index contributed by atoms with van der Waals surface area (Å²) in [7, 11) is 0. The minimum atomic E-state index is -1.04. The van der Waals surface area contributed by atoms with Crippen molar-refractivity contribution in [3.8, 4) is 0 Å². The minimum absolute atomic E-state index is 0.111. The highest BCUT2D eigenvalue weighted by Gasteiger charge is 2.12. The molecule has 0 aromatic heterocycles. The van der Waals surface area contributed by atoms with Gasteiger partial charge in [0, 0.05) is 18.8 Å². The van der Waals surface area contributed by atoms with Gasteiger partial charge in [-0.3, -0.25) is 0 Å². The number of benzene rings is 1. The van der Waals surface area contributed by atoms with Gasteiger partial charge >= 0.3 is 12.0 Å². The molecular weight excluding hydrogens is 252 g/mol. The number of urea groups is 1. The van der Waals surface area contributed by atoms with Gasteiger partial charge in [0.1, 0.15) is 0 Å². The summed E-state index contributed by atoms with van der Waals surface area (Å²) in [5.41, 5.74) is 0.566. The van der Waals surface area contributed by atoms with Gasteiger partial charge in [0.2, 0.25) is 0 Å². The standard InChI is InChI=1S/C12H16N2O5/c15-7-5-14(6-8-16)12(19)13-10-3-1-9(2-4-10)11(17)18/h1-4,15-16H,5-8H2,(H,13,19)(H,17,18). The number of carboxylic acid groups (broad SMARTS) is 1. The minimum Gasteiger partial charge on any atom is -0.478 e. The van der Waals surface area contributed by atoms with Gasteiger partial charge in [-0.1, -0.05) is 0 Å². The molecule has 4 N–H and O–H groups in total. The number of hydrogen-bond donors (Lipinski definition) is 4. The second-order valence-electron chi connectivity index (χ2n) is 3.75. The first-order valence-electron chi connectivity index (χ1n) is 5.69. The molecule has 0 aliphatic heterocycles. The number of nitrogens with zero attached hydrogens (tertiary/aromatic N) is 1. The molecule has 104 valence electrons. The van der Waals surface area contributed by atoms with E-state index in [0.717, 1.165) is 0 Å². The molecule has 0 spiro atoms. The largest absolute Gasteiger partial charge is 0.478 e. The van der Waals surface area contributed by atoms with Gasteiger partial charge in [-0.15, -0.1) is 0 Å². The highest BCUT2D eigenvalue weighted by atomic mass is 16.4. The fraction of sp³-hybridized carbons (Fsp3) is 0.333. The average molecular weight is 268 g/mol. The van der Waals surface area contributed by atoms with E-state index in [4.69, 9.17) is 15.3 Å². The molecule has 0 saturated carbocycles.